The lowest BCUT2D eigenvalue weighted by molar-refractivity contribution is -0.150. The van der Waals surface area contributed by atoms with Gasteiger partial charge in [-0.25, -0.2) is 4.39 Å². The van der Waals surface area contributed by atoms with Gasteiger partial charge >= 0.3 is 0 Å². The Morgan fingerprint density at radius 2 is 2.00 bits per heavy atom. The Kier molecular flexibility index (Phi) is 4.83. The number of carbonyl (C=O) groups excluding carboxylic acids is 2. The Morgan fingerprint density at radius 3 is 2.57 bits per heavy atom. The van der Waals surface area contributed by atoms with Crippen molar-refractivity contribution in [3.05, 3.63) is 34.6 Å². The van der Waals surface area contributed by atoms with E-state index in [1.807, 2.05) is 13.8 Å². The number of hydrogen-bond acceptors (Lipinski definition) is 2. The van der Waals surface area contributed by atoms with Gasteiger partial charge in [-0.2, -0.15) is 0 Å². The molecule has 1 N–H and O–H groups in total. The molecule has 0 aliphatic carbocycles. The molecule has 1 fully saturated rings. The van der Waals surface area contributed by atoms with E-state index in [0.717, 1.165) is 0 Å². The number of nitrogens with zero attached hydrogens (tertiary/aromatic N) is 1. The lowest BCUT2D eigenvalue weighted by atomic mass is 10.0. The Labute approximate surface area is 128 Å². The van der Waals surface area contributed by atoms with E-state index in [-0.39, 0.29) is 18.4 Å². The molecule has 1 saturated heterocycles. The van der Waals surface area contributed by atoms with Crippen LogP contribution in [0.5, 0.6) is 0 Å². The normalized spacial score (nSPS) is 22.4. The molecule has 1 heterocycles. The maximum Gasteiger partial charge on any atom is 0.246 e. The molecule has 1 aromatic rings. The fourth-order valence-corrected chi connectivity index (χ4v) is 2.69. The van der Waals surface area contributed by atoms with Gasteiger partial charge in [0.05, 0.1) is 0 Å². The van der Waals surface area contributed by atoms with E-state index in [9.17, 15) is 14.0 Å². The van der Waals surface area contributed by atoms with Gasteiger partial charge in [0.15, 0.2) is 0 Å². The number of nitrogens with one attached hydrogen (secondary N) is 1. The van der Waals surface area contributed by atoms with E-state index in [1.54, 1.807) is 12.1 Å². The molecule has 21 heavy (non-hydrogen) atoms. The quantitative estimate of drug-likeness (QED) is 0.928. The average Bonchev–Trinajstić information content (AvgIpc) is 2.45. The van der Waals surface area contributed by atoms with Crippen LogP contribution in [0.25, 0.3) is 0 Å². The molecule has 0 bridgehead atoms. The first-order valence-electron chi connectivity index (χ1n) is 7.02. The molecule has 2 rings (SSSR count). The first-order chi connectivity index (χ1) is 9.97. The molecule has 114 valence electrons. The fraction of sp³-hybridized carbons (Fsp3) is 0.467. The van der Waals surface area contributed by atoms with Crippen LogP contribution < -0.4 is 5.32 Å². The zero-order valence-corrected chi connectivity index (χ0v) is 12.8. The molecule has 1 aliphatic heterocycles. The number of halogens is 2. The second kappa shape index (κ2) is 6.43. The minimum atomic E-state index is -0.560. The van der Waals surface area contributed by atoms with Gasteiger partial charge in [-0.15, -0.1) is 0 Å². The number of carbonyl (C=O) groups is 2. The SMILES string of the molecule is CCC1NC(=O)C(CC)N(Cc2ccc(Cl)cc2F)C1=O. The van der Waals surface area contributed by atoms with E-state index in [4.69, 9.17) is 11.6 Å². The van der Waals surface area contributed by atoms with Crippen molar-refractivity contribution in [1.82, 2.24) is 10.2 Å². The molecule has 0 spiro atoms. The van der Waals surface area contributed by atoms with Crippen molar-refractivity contribution < 1.29 is 14.0 Å². The van der Waals surface area contributed by atoms with Gasteiger partial charge < -0.3 is 10.2 Å². The summed E-state index contributed by atoms with van der Waals surface area (Å²) >= 11 is 5.73. The van der Waals surface area contributed by atoms with E-state index in [2.05, 4.69) is 5.32 Å². The van der Waals surface area contributed by atoms with Crippen LogP contribution in [-0.4, -0.2) is 28.8 Å². The van der Waals surface area contributed by atoms with Gasteiger partial charge in [-0.3, -0.25) is 9.59 Å². The third-order valence-corrected chi connectivity index (χ3v) is 3.96. The van der Waals surface area contributed by atoms with Crippen molar-refractivity contribution in [2.45, 2.75) is 45.3 Å². The predicted molar refractivity (Wildman–Crippen MR) is 78.3 cm³/mol. The summed E-state index contributed by atoms with van der Waals surface area (Å²) in [6, 6.07) is 3.24. The van der Waals surface area contributed by atoms with Crippen LogP contribution in [-0.2, 0) is 16.1 Å². The van der Waals surface area contributed by atoms with E-state index < -0.39 is 17.9 Å². The van der Waals surface area contributed by atoms with Crippen molar-refractivity contribution in [2.24, 2.45) is 0 Å². The fourth-order valence-electron chi connectivity index (χ4n) is 2.53. The zero-order chi connectivity index (χ0) is 15.6. The Balaban J connectivity index is 2.28. The molecule has 1 aromatic carbocycles. The van der Waals surface area contributed by atoms with E-state index in [0.29, 0.717) is 23.4 Å². The van der Waals surface area contributed by atoms with Gasteiger partial charge in [-0.1, -0.05) is 31.5 Å². The van der Waals surface area contributed by atoms with Crippen LogP contribution in [0.1, 0.15) is 32.3 Å². The van der Waals surface area contributed by atoms with Gasteiger partial charge in [0.1, 0.15) is 17.9 Å². The zero-order valence-electron chi connectivity index (χ0n) is 12.0. The lowest BCUT2D eigenvalue weighted by Crippen LogP contribution is -2.62. The second-order valence-corrected chi connectivity index (χ2v) is 5.53. The second-order valence-electron chi connectivity index (χ2n) is 5.10. The number of amides is 2. The third-order valence-electron chi connectivity index (χ3n) is 3.73. The first-order valence-corrected chi connectivity index (χ1v) is 7.40. The summed E-state index contributed by atoms with van der Waals surface area (Å²) in [6.45, 7) is 3.73. The third kappa shape index (κ3) is 3.18. The van der Waals surface area contributed by atoms with Gasteiger partial charge in [-0.05, 0) is 25.0 Å². The highest BCUT2D eigenvalue weighted by molar-refractivity contribution is 6.30. The number of hydrogen-bond donors (Lipinski definition) is 1. The van der Waals surface area contributed by atoms with Gasteiger partial charge in [0, 0.05) is 17.1 Å². The van der Waals surface area contributed by atoms with E-state index in [1.165, 1.54) is 11.0 Å². The summed E-state index contributed by atoms with van der Waals surface area (Å²) in [7, 11) is 0. The molecule has 6 heteroatoms. The molecule has 1 aliphatic rings. The highest BCUT2D eigenvalue weighted by atomic mass is 35.5. The molecular formula is C15H18ClFN2O2. The molecule has 0 saturated carbocycles. The smallest absolute Gasteiger partial charge is 0.246 e. The molecule has 2 unspecified atom stereocenters. The lowest BCUT2D eigenvalue weighted by Gasteiger charge is -2.38. The maximum absolute atomic E-state index is 13.9. The standard InChI is InChI=1S/C15H18ClFN2O2/c1-3-12-15(21)19(13(4-2)14(20)18-12)8-9-5-6-10(16)7-11(9)17/h5-7,12-13H,3-4,8H2,1-2H3,(H,18,20). The summed E-state index contributed by atoms with van der Waals surface area (Å²) in [5, 5.41) is 3.01. The summed E-state index contributed by atoms with van der Waals surface area (Å²) in [4.78, 5) is 25.9. The molecule has 0 radical (unpaired) electrons. The van der Waals surface area contributed by atoms with Crippen molar-refractivity contribution in [3.8, 4) is 0 Å². The molecule has 2 amide bonds. The van der Waals surface area contributed by atoms with Crippen LogP contribution in [0.3, 0.4) is 0 Å². The van der Waals surface area contributed by atoms with Crippen LogP contribution in [0.2, 0.25) is 5.02 Å². The molecule has 2 atom stereocenters. The van der Waals surface area contributed by atoms with E-state index >= 15 is 0 Å². The topological polar surface area (TPSA) is 49.4 Å². The van der Waals surface area contributed by atoms with Crippen LogP contribution in [0.15, 0.2) is 18.2 Å². The maximum atomic E-state index is 13.9. The van der Waals surface area contributed by atoms with Crippen LogP contribution in [0, 0.1) is 5.82 Å². The van der Waals surface area contributed by atoms with Crippen LogP contribution >= 0.6 is 11.6 Å². The summed E-state index contributed by atoms with van der Waals surface area (Å²) in [5.74, 6) is -0.819. The van der Waals surface area contributed by atoms with Crippen molar-refractivity contribution in [3.63, 3.8) is 0 Å². The Hall–Kier alpha value is -1.62. The molecule has 0 aromatic heterocycles. The number of rotatable bonds is 4. The van der Waals surface area contributed by atoms with Crippen molar-refractivity contribution in [2.75, 3.05) is 0 Å². The highest BCUT2D eigenvalue weighted by Gasteiger charge is 2.38. The van der Waals surface area contributed by atoms with Gasteiger partial charge in [0.2, 0.25) is 11.8 Å². The van der Waals surface area contributed by atoms with Crippen LogP contribution in [0.4, 0.5) is 4.39 Å². The number of benzene rings is 1. The summed E-state index contributed by atoms with van der Waals surface area (Å²) in [5.41, 5.74) is 0.357. The molecule has 4 nitrogen and oxygen atoms in total. The van der Waals surface area contributed by atoms with Crippen molar-refractivity contribution in [1.29, 1.82) is 0 Å². The minimum Gasteiger partial charge on any atom is -0.343 e. The summed E-state index contributed by atoms with van der Waals surface area (Å²) in [6.07, 6.45) is 1.00. The monoisotopic (exact) mass is 312 g/mol. The van der Waals surface area contributed by atoms with Crippen molar-refractivity contribution >= 4 is 23.4 Å². The Morgan fingerprint density at radius 1 is 1.29 bits per heavy atom. The van der Waals surface area contributed by atoms with Gasteiger partial charge in [0.25, 0.3) is 0 Å². The predicted octanol–water partition coefficient (Wildman–Crippen LogP) is 2.49. The number of piperazine rings is 1. The first kappa shape index (κ1) is 15.8. The highest BCUT2D eigenvalue weighted by Crippen LogP contribution is 2.21. The summed E-state index contributed by atoms with van der Waals surface area (Å²) < 4.78 is 13.9. The minimum absolute atomic E-state index is 0.0737. The molecular weight excluding hydrogens is 295 g/mol. The average molecular weight is 313 g/mol. The Bertz CT molecular complexity index is 565. The largest absolute Gasteiger partial charge is 0.343 e.